The van der Waals surface area contributed by atoms with Crippen molar-refractivity contribution in [2.24, 2.45) is 0 Å². The van der Waals surface area contributed by atoms with Crippen molar-refractivity contribution in [3.8, 4) is 0 Å². The standard InChI is InChI=1S/C17H23N5O2/c1-17(2,3)20-15(23)11-18-16(24)19-14-9-10-22(21-14)12-13-7-5-4-6-8-13/h4-10H,11-12H2,1-3H3,(H,20,23)(H2,18,19,21,24). The normalized spacial score (nSPS) is 11.0. The minimum absolute atomic E-state index is 0.0895. The average Bonchev–Trinajstić information content (AvgIpc) is 2.91. The van der Waals surface area contributed by atoms with Crippen molar-refractivity contribution < 1.29 is 9.59 Å². The third-order valence-corrected chi connectivity index (χ3v) is 2.99. The molecule has 0 radical (unpaired) electrons. The molecule has 1 heterocycles. The highest BCUT2D eigenvalue weighted by Crippen LogP contribution is 2.06. The third-order valence-electron chi connectivity index (χ3n) is 2.99. The molecule has 2 rings (SSSR count). The van der Waals surface area contributed by atoms with E-state index in [-0.39, 0.29) is 18.0 Å². The molecule has 0 unspecified atom stereocenters. The van der Waals surface area contributed by atoms with E-state index in [0.29, 0.717) is 12.4 Å². The van der Waals surface area contributed by atoms with E-state index in [1.54, 1.807) is 16.9 Å². The number of amides is 3. The molecule has 0 saturated carbocycles. The lowest BCUT2D eigenvalue weighted by Crippen LogP contribution is -2.46. The van der Waals surface area contributed by atoms with Crippen molar-refractivity contribution in [2.45, 2.75) is 32.9 Å². The lowest BCUT2D eigenvalue weighted by atomic mass is 10.1. The number of hydrogen-bond acceptors (Lipinski definition) is 3. The van der Waals surface area contributed by atoms with E-state index >= 15 is 0 Å². The molecule has 0 saturated heterocycles. The van der Waals surface area contributed by atoms with Gasteiger partial charge >= 0.3 is 6.03 Å². The van der Waals surface area contributed by atoms with Crippen LogP contribution in [0, 0.1) is 0 Å². The van der Waals surface area contributed by atoms with Gasteiger partial charge in [0, 0.05) is 17.8 Å². The summed E-state index contributed by atoms with van der Waals surface area (Å²) in [6.07, 6.45) is 1.79. The molecule has 1 aromatic heterocycles. The SMILES string of the molecule is CC(C)(C)NC(=O)CNC(=O)Nc1ccn(Cc2ccccc2)n1. The highest BCUT2D eigenvalue weighted by molar-refractivity contribution is 5.91. The Labute approximate surface area is 141 Å². The Balaban J connectivity index is 1.79. The van der Waals surface area contributed by atoms with E-state index in [1.165, 1.54) is 0 Å². The van der Waals surface area contributed by atoms with Crippen LogP contribution in [0.4, 0.5) is 10.6 Å². The Bertz CT molecular complexity index is 689. The van der Waals surface area contributed by atoms with Crippen molar-refractivity contribution in [3.05, 3.63) is 48.2 Å². The molecule has 0 fully saturated rings. The fraction of sp³-hybridized carbons (Fsp3) is 0.353. The van der Waals surface area contributed by atoms with Crippen molar-refractivity contribution >= 4 is 17.8 Å². The summed E-state index contributed by atoms with van der Waals surface area (Å²) < 4.78 is 1.73. The van der Waals surface area contributed by atoms with Gasteiger partial charge in [0.1, 0.15) is 0 Å². The van der Waals surface area contributed by atoms with Crippen LogP contribution in [0.25, 0.3) is 0 Å². The molecule has 0 aliphatic carbocycles. The first-order chi connectivity index (χ1) is 11.3. The summed E-state index contributed by atoms with van der Waals surface area (Å²) in [5, 5.41) is 12.2. The van der Waals surface area contributed by atoms with Crippen LogP contribution in [0.5, 0.6) is 0 Å². The molecule has 7 heteroatoms. The van der Waals surface area contributed by atoms with Crippen LogP contribution in [0.2, 0.25) is 0 Å². The van der Waals surface area contributed by atoms with Gasteiger partial charge in [0.25, 0.3) is 0 Å². The van der Waals surface area contributed by atoms with Gasteiger partial charge in [-0.3, -0.25) is 14.8 Å². The number of urea groups is 1. The molecule has 0 aliphatic rings. The summed E-state index contributed by atoms with van der Waals surface area (Å²) in [6, 6.07) is 11.1. The quantitative estimate of drug-likeness (QED) is 0.783. The molecule has 1 aromatic carbocycles. The molecule has 0 spiro atoms. The van der Waals surface area contributed by atoms with Gasteiger partial charge in [0.15, 0.2) is 5.82 Å². The molecule has 7 nitrogen and oxygen atoms in total. The largest absolute Gasteiger partial charge is 0.350 e. The van der Waals surface area contributed by atoms with E-state index in [4.69, 9.17) is 0 Å². The maximum atomic E-state index is 11.8. The summed E-state index contributed by atoms with van der Waals surface area (Å²) in [6.45, 7) is 6.17. The van der Waals surface area contributed by atoms with Crippen LogP contribution in [-0.2, 0) is 11.3 Å². The van der Waals surface area contributed by atoms with Crippen molar-refractivity contribution in [3.63, 3.8) is 0 Å². The molecule has 3 amide bonds. The maximum absolute atomic E-state index is 11.8. The van der Waals surface area contributed by atoms with Crippen LogP contribution < -0.4 is 16.0 Å². The number of rotatable bonds is 5. The second kappa shape index (κ2) is 7.63. The van der Waals surface area contributed by atoms with Crippen molar-refractivity contribution in [1.29, 1.82) is 0 Å². The van der Waals surface area contributed by atoms with Crippen LogP contribution in [-0.4, -0.2) is 33.8 Å². The summed E-state index contributed by atoms with van der Waals surface area (Å²) >= 11 is 0. The second-order valence-corrected chi connectivity index (χ2v) is 6.49. The fourth-order valence-electron chi connectivity index (χ4n) is 2.07. The molecule has 2 aromatic rings. The maximum Gasteiger partial charge on any atom is 0.320 e. The molecule has 0 bridgehead atoms. The minimum atomic E-state index is -0.468. The molecular formula is C17H23N5O2. The number of carbonyl (C=O) groups is 2. The molecule has 128 valence electrons. The Morgan fingerprint density at radius 1 is 1.12 bits per heavy atom. The predicted molar refractivity (Wildman–Crippen MR) is 92.7 cm³/mol. The van der Waals surface area contributed by atoms with Crippen LogP contribution in [0.15, 0.2) is 42.6 Å². The zero-order valence-corrected chi connectivity index (χ0v) is 14.2. The smallest absolute Gasteiger partial charge is 0.320 e. The lowest BCUT2D eigenvalue weighted by molar-refractivity contribution is -0.121. The van der Waals surface area contributed by atoms with E-state index < -0.39 is 6.03 Å². The topological polar surface area (TPSA) is 88.0 Å². The summed E-state index contributed by atoms with van der Waals surface area (Å²) in [7, 11) is 0. The van der Waals surface area contributed by atoms with E-state index in [9.17, 15) is 9.59 Å². The van der Waals surface area contributed by atoms with Gasteiger partial charge in [0.05, 0.1) is 13.1 Å². The Hall–Kier alpha value is -2.83. The molecule has 0 atom stereocenters. The first-order valence-corrected chi connectivity index (χ1v) is 7.75. The Morgan fingerprint density at radius 2 is 1.83 bits per heavy atom. The number of nitrogens with zero attached hydrogens (tertiary/aromatic N) is 2. The molecule has 24 heavy (non-hydrogen) atoms. The number of carbonyl (C=O) groups excluding carboxylic acids is 2. The highest BCUT2D eigenvalue weighted by Gasteiger charge is 2.14. The van der Waals surface area contributed by atoms with E-state index in [1.807, 2.05) is 51.1 Å². The molecule has 3 N–H and O–H groups in total. The second-order valence-electron chi connectivity index (χ2n) is 6.49. The summed E-state index contributed by atoms with van der Waals surface area (Å²) in [5.41, 5.74) is 0.793. The number of anilines is 1. The summed E-state index contributed by atoms with van der Waals surface area (Å²) in [4.78, 5) is 23.4. The van der Waals surface area contributed by atoms with Crippen LogP contribution >= 0.6 is 0 Å². The fourth-order valence-corrected chi connectivity index (χ4v) is 2.07. The van der Waals surface area contributed by atoms with Gasteiger partial charge in [-0.15, -0.1) is 0 Å². The van der Waals surface area contributed by atoms with Gasteiger partial charge in [-0.05, 0) is 26.3 Å². The molecular weight excluding hydrogens is 306 g/mol. The number of benzene rings is 1. The van der Waals surface area contributed by atoms with Gasteiger partial charge in [-0.1, -0.05) is 30.3 Å². The van der Waals surface area contributed by atoms with Crippen molar-refractivity contribution in [1.82, 2.24) is 20.4 Å². The van der Waals surface area contributed by atoms with Gasteiger partial charge in [-0.2, -0.15) is 5.10 Å². The van der Waals surface area contributed by atoms with Crippen molar-refractivity contribution in [2.75, 3.05) is 11.9 Å². The number of hydrogen-bond donors (Lipinski definition) is 3. The lowest BCUT2D eigenvalue weighted by Gasteiger charge is -2.20. The van der Waals surface area contributed by atoms with Gasteiger partial charge < -0.3 is 10.6 Å². The first-order valence-electron chi connectivity index (χ1n) is 7.75. The molecule has 0 aliphatic heterocycles. The Kier molecular flexibility index (Phi) is 5.57. The number of aromatic nitrogens is 2. The van der Waals surface area contributed by atoms with Gasteiger partial charge in [0.2, 0.25) is 5.91 Å². The van der Waals surface area contributed by atoms with Crippen LogP contribution in [0.3, 0.4) is 0 Å². The van der Waals surface area contributed by atoms with E-state index in [2.05, 4.69) is 21.0 Å². The zero-order valence-electron chi connectivity index (χ0n) is 14.2. The van der Waals surface area contributed by atoms with Gasteiger partial charge in [-0.25, -0.2) is 4.79 Å². The highest BCUT2D eigenvalue weighted by atomic mass is 16.2. The third kappa shape index (κ3) is 6.12. The first kappa shape index (κ1) is 17.5. The summed E-state index contributed by atoms with van der Waals surface area (Å²) in [5.74, 6) is 0.187. The minimum Gasteiger partial charge on any atom is -0.350 e. The van der Waals surface area contributed by atoms with E-state index in [0.717, 1.165) is 5.56 Å². The Morgan fingerprint density at radius 3 is 2.50 bits per heavy atom. The average molecular weight is 329 g/mol. The van der Waals surface area contributed by atoms with Crippen LogP contribution in [0.1, 0.15) is 26.3 Å². The number of nitrogens with one attached hydrogen (secondary N) is 3. The zero-order chi connectivity index (χ0) is 17.6. The predicted octanol–water partition coefficient (Wildman–Crippen LogP) is 1.97. The monoisotopic (exact) mass is 329 g/mol.